The van der Waals surface area contributed by atoms with Crippen LogP contribution >= 0.6 is 39.0 Å². The molecule has 2 aliphatic heterocycles. The summed E-state index contributed by atoms with van der Waals surface area (Å²) in [5, 5.41) is 0. The molecule has 0 unspecified atom stereocenters. The third kappa shape index (κ3) is 4.28. The predicted octanol–water partition coefficient (Wildman–Crippen LogP) is 6.22. The summed E-state index contributed by atoms with van der Waals surface area (Å²) in [6.45, 7) is 3.90. The Morgan fingerprint density at radius 2 is 1.71 bits per heavy atom. The van der Waals surface area contributed by atoms with Gasteiger partial charge in [0.2, 0.25) is 0 Å². The van der Waals surface area contributed by atoms with E-state index >= 15 is 0 Å². The number of anilines is 1. The van der Waals surface area contributed by atoms with Crippen LogP contribution in [0.3, 0.4) is 0 Å². The maximum atomic E-state index is 13.1. The van der Waals surface area contributed by atoms with Crippen LogP contribution in [0, 0.1) is 37.0 Å². The molecule has 0 atom stereocenters. The second-order valence-corrected chi connectivity index (χ2v) is 15.8. The van der Waals surface area contributed by atoms with Crippen molar-refractivity contribution in [2.45, 2.75) is 61.5 Å². The number of imidazole rings is 1. The molecule has 6 aliphatic rings. The minimum Gasteiger partial charge on any atom is -0.261 e. The van der Waals surface area contributed by atoms with E-state index in [1.54, 1.807) is 39.8 Å². The topological polar surface area (TPSA) is 81.1 Å². The lowest BCUT2D eigenvalue weighted by Crippen LogP contribution is -2.47. The predicted molar refractivity (Wildman–Crippen MR) is 145 cm³/mol. The van der Waals surface area contributed by atoms with Gasteiger partial charge in [-0.25, -0.2) is 13.2 Å². The normalized spacial score (nSPS) is 27.6. The molecule has 4 bridgehead atoms. The van der Waals surface area contributed by atoms with Crippen LogP contribution < -0.4 is 10.4 Å². The van der Waals surface area contributed by atoms with Crippen molar-refractivity contribution in [1.29, 1.82) is 0 Å². The molecule has 1 aromatic rings. The lowest BCUT2D eigenvalue weighted by Gasteiger charge is -2.56. The number of aromatic nitrogens is 2. The van der Waals surface area contributed by atoms with Gasteiger partial charge in [0.25, 0.3) is 10.0 Å². The number of sulfonamides is 1. The first-order valence-electron chi connectivity index (χ1n) is 12.1. The minimum absolute atomic E-state index is 0.116. The molecule has 186 valence electrons. The largest absolute Gasteiger partial charge is 0.354 e. The number of hydrogen-bond acceptors (Lipinski definition) is 6. The standard InChI is InChI=1S/C25H28BrN3O3S3/c1-14-15(2)34-23(33-13-25-10-16-7-17(11-25)9-18(8-16)12-25)21-22(27-24(30)29(14)21)28-35(31,32)20-5-3-19(26)4-6-20/h3-6,16-18H,7-13H2,1-2H3,(H,27,28,30). The molecule has 4 saturated carbocycles. The quantitative estimate of drug-likeness (QED) is 0.343. The molecule has 2 heterocycles. The summed E-state index contributed by atoms with van der Waals surface area (Å²) in [6.07, 6.45) is 8.16. The molecule has 6 nitrogen and oxygen atoms in total. The van der Waals surface area contributed by atoms with E-state index in [9.17, 15) is 13.2 Å². The number of aryl methyl sites for hydroxylation is 1. The number of hydrogen-bond donors (Lipinski definition) is 1. The average Bonchev–Trinajstić information content (AvgIpc) is 3.10. The highest BCUT2D eigenvalue weighted by atomic mass is 79.9. The summed E-state index contributed by atoms with van der Waals surface area (Å²) in [5.74, 6) is 3.76. The highest BCUT2D eigenvalue weighted by Gasteiger charge is 2.50. The Balaban J connectivity index is 1.35. The zero-order valence-electron chi connectivity index (χ0n) is 19.7. The van der Waals surface area contributed by atoms with Crippen molar-refractivity contribution in [3.63, 3.8) is 0 Å². The van der Waals surface area contributed by atoms with Crippen LogP contribution in [-0.4, -0.2) is 23.7 Å². The lowest BCUT2D eigenvalue weighted by atomic mass is 9.50. The number of fused-ring (bicyclic) bond motifs is 1. The van der Waals surface area contributed by atoms with Gasteiger partial charge in [0, 0.05) is 20.8 Å². The van der Waals surface area contributed by atoms with E-state index in [0.717, 1.165) is 42.8 Å². The SMILES string of the molecule is Cc1sc(SCC23CC4CC(CC(C4)C2)C3)c2c(NS(=O)(=O)c3ccc(Br)cc3)nc(=O)n-2c1C. The molecule has 0 radical (unpaired) electrons. The van der Waals surface area contributed by atoms with E-state index < -0.39 is 15.7 Å². The highest BCUT2D eigenvalue weighted by Crippen LogP contribution is 2.61. The zero-order valence-corrected chi connectivity index (χ0v) is 23.7. The molecule has 1 aromatic carbocycles. The van der Waals surface area contributed by atoms with Crippen molar-refractivity contribution in [2.24, 2.45) is 23.2 Å². The highest BCUT2D eigenvalue weighted by molar-refractivity contribution is 9.10. The molecule has 10 heteroatoms. The van der Waals surface area contributed by atoms with Gasteiger partial charge in [0.05, 0.1) is 9.10 Å². The fraction of sp³-hybridized carbons (Fsp3) is 0.520. The van der Waals surface area contributed by atoms with Crippen LogP contribution in [0.2, 0.25) is 0 Å². The molecule has 0 amide bonds. The van der Waals surface area contributed by atoms with Crippen molar-refractivity contribution in [3.8, 4) is 5.69 Å². The Bertz CT molecular complexity index is 1390. The summed E-state index contributed by atoms with van der Waals surface area (Å²) in [6, 6.07) is 6.43. The number of benzene rings is 1. The Kier molecular flexibility index (Phi) is 5.90. The first kappa shape index (κ1) is 24.0. The molecular weight excluding hydrogens is 566 g/mol. The first-order valence-corrected chi connectivity index (χ1v) is 16.1. The fourth-order valence-electron chi connectivity index (χ4n) is 6.97. The Morgan fingerprint density at radius 1 is 1.11 bits per heavy atom. The summed E-state index contributed by atoms with van der Waals surface area (Å²) in [7, 11) is -3.89. The maximum absolute atomic E-state index is 13.1. The van der Waals surface area contributed by atoms with Crippen LogP contribution in [0.1, 0.15) is 49.1 Å². The fourth-order valence-corrected chi connectivity index (χ4v) is 11.0. The third-order valence-corrected chi connectivity index (χ3v) is 12.8. The van der Waals surface area contributed by atoms with E-state index in [-0.39, 0.29) is 10.7 Å². The van der Waals surface area contributed by atoms with Crippen molar-refractivity contribution < 1.29 is 8.42 Å². The smallest absolute Gasteiger partial charge is 0.261 e. The molecule has 1 N–H and O–H groups in total. The van der Waals surface area contributed by atoms with Crippen LogP contribution in [0.25, 0.3) is 5.69 Å². The maximum Gasteiger partial charge on any atom is 0.354 e. The number of nitrogens with zero attached hydrogens (tertiary/aromatic N) is 2. The van der Waals surface area contributed by atoms with E-state index in [1.807, 2.05) is 13.8 Å². The minimum atomic E-state index is -3.89. The van der Waals surface area contributed by atoms with E-state index in [2.05, 4.69) is 25.6 Å². The number of nitrogens with one attached hydrogen (secondary N) is 1. The van der Waals surface area contributed by atoms with Gasteiger partial charge in [0.15, 0.2) is 5.82 Å². The van der Waals surface area contributed by atoms with Gasteiger partial charge >= 0.3 is 5.69 Å². The van der Waals surface area contributed by atoms with Gasteiger partial charge in [0.1, 0.15) is 5.69 Å². The molecule has 0 spiro atoms. The van der Waals surface area contributed by atoms with Crippen molar-refractivity contribution in [1.82, 2.24) is 9.55 Å². The molecule has 0 saturated heterocycles. The molecular formula is C25H28BrN3O3S3. The molecule has 4 fully saturated rings. The van der Waals surface area contributed by atoms with Crippen LogP contribution in [-0.2, 0) is 10.0 Å². The van der Waals surface area contributed by atoms with E-state index in [1.165, 1.54) is 50.7 Å². The van der Waals surface area contributed by atoms with Gasteiger partial charge < -0.3 is 0 Å². The number of thioether (sulfide) groups is 1. The van der Waals surface area contributed by atoms with Crippen molar-refractivity contribution >= 4 is 54.9 Å². The van der Waals surface area contributed by atoms with Gasteiger partial charge in [-0.15, -0.1) is 23.1 Å². The Morgan fingerprint density at radius 3 is 2.31 bits per heavy atom. The Labute approximate surface area is 222 Å². The molecule has 0 aromatic heterocycles. The lowest BCUT2D eigenvalue weighted by molar-refractivity contribution is -0.0381. The van der Waals surface area contributed by atoms with Gasteiger partial charge in [-0.1, -0.05) is 15.9 Å². The first-order chi connectivity index (χ1) is 16.6. The summed E-state index contributed by atoms with van der Waals surface area (Å²) >= 11 is 6.77. The zero-order chi connectivity index (χ0) is 24.5. The Hall–Kier alpha value is -1.36. The summed E-state index contributed by atoms with van der Waals surface area (Å²) < 4.78 is 32.2. The summed E-state index contributed by atoms with van der Waals surface area (Å²) in [4.78, 5) is 18.3. The second kappa shape index (κ2) is 8.60. The van der Waals surface area contributed by atoms with Crippen LogP contribution in [0.5, 0.6) is 0 Å². The third-order valence-electron chi connectivity index (χ3n) is 8.16. The van der Waals surface area contributed by atoms with Crippen LogP contribution in [0.4, 0.5) is 5.82 Å². The van der Waals surface area contributed by atoms with Gasteiger partial charge in [-0.3, -0.25) is 9.29 Å². The molecule has 4 aliphatic carbocycles. The van der Waals surface area contributed by atoms with E-state index in [0.29, 0.717) is 11.1 Å². The van der Waals surface area contributed by atoms with Gasteiger partial charge in [-0.05, 0) is 99.8 Å². The van der Waals surface area contributed by atoms with Crippen molar-refractivity contribution in [2.75, 3.05) is 10.5 Å². The number of halogens is 1. The van der Waals surface area contributed by atoms with Crippen molar-refractivity contribution in [3.05, 3.63) is 49.8 Å². The second-order valence-electron chi connectivity index (χ2n) is 10.7. The van der Waals surface area contributed by atoms with Gasteiger partial charge in [-0.2, -0.15) is 4.98 Å². The summed E-state index contributed by atoms with van der Waals surface area (Å²) in [5.41, 5.74) is 1.31. The average molecular weight is 595 g/mol. The number of rotatable bonds is 6. The molecule has 7 rings (SSSR count). The van der Waals surface area contributed by atoms with E-state index in [4.69, 9.17) is 0 Å². The molecule has 35 heavy (non-hydrogen) atoms. The van der Waals surface area contributed by atoms with Crippen LogP contribution in [0.15, 0.2) is 42.6 Å². The monoisotopic (exact) mass is 593 g/mol.